The molecule has 0 aromatic heterocycles. The average Bonchev–Trinajstić information content (AvgIpc) is 2.80. The molecule has 2 aromatic rings. The summed E-state index contributed by atoms with van der Waals surface area (Å²) in [7, 11) is 3.59. The predicted octanol–water partition coefficient (Wildman–Crippen LogP) is 9.39. The number of hydrogen-bond donors (Lipinski definition) is 1. The summed E-state index contributed by atoms with van der Waals surface area (Å²) < 4.78 is 5.35. The minimum Gasteiger partial charge on any atom is -0.665 e. The van der Waals surface area contributed by atoms with Crippen molar-refractivity contribution in [3.8, 4) is 11.5 Å². The van der Waals surface area contributed by atoms with Crippen molar-refractivity contribution in [3.05, 3.63) is 64.8 Å². The van der Waals surface area contributed by atoms with Gasteiger partial charge < -0.3 is 9.84 Å². The molecule has 1 atom stereocenters. The van der Waals surface area contributed by atoms with Crippen LogP contribution in [0.4, 0.5) is 0 Å². The Labute approximate surface area is 265 Å². The number of phenols is 1. The fourth-order valence-corrected chi connectivity index (χ4v) is 4.14. The third-order valence-corrected chi connectivity index (χ3v) is 6.44. The molecule has 222 valence electrons. The quantitative estimate of drug-likeness (QED) is 0.234. The van der Waals surface area contributed by atoms with E-state index in [1.54, 1.807) is 0 Å². The van der Waals surface area contributed by atoms with Crippen LogP contribution in [0.3, 0.4) is 0 Å². The molecular formula is C35H55N2O2Zr-. The topological polar surface area (TPSA) is 54.2 Å². The van der Waals surface area contributed by atoms with Crippen LogP contribution in [0, 0.1) is 20.0 Å². The van der Waals surface area contributed by atoms with Gasteiger partial charge in [0.2, 0.25) is 0 Å². The Hall–Kier alpha value is -1.74. The molecule has 0 amide bonds. The Bertz CT molecular complexity index is 1120. The van der Waals surface area contributed by atoms with E-state index in [1.807, 2.05) is 12.4 Å². The zero-order valence-corrected chi connectivity index (χ0v) is 30.0. The van der Waals surface area contributed by atoms with E-state index in [0.717, 1.165) is 35.3 Å². The van der Waals surface area contributed by atoms with E-state index in [2.05, 4.69) is 131 Å². The van der Waals surface area contributed by atoms with Crippen LogP contribution in [0.2, 0.25) is 0 Å². The first kappa shape index (κ1) is 38.3. The molecule has 0 bridgehead atoms. The van der Waals surface area contributed by atoms with Crippen molar-refractivity contribution in [2.45, 2.75) is 126 Å². The summed E-state index contributed by atoms with van der Waals surface area (Å²) in [6.07, 6.45) is 5.75. The Morgan fingerprint density at radius 2 is 1.40 bits per heavy atom. The Kier molecular flexibility index (Phi) is 15.9. The molecule has 4 nitrogen and oxygen atoms in total. The maximum absolute atomic E-state index is 10.6. The first-order valence-electron chi connectivity index (χ1n) is 14.4. The fourth-order valence-electron chi connectivity index (χ4n) is 4.14. The van der Waals surface area contributed by atoms with E-state index in [4.69, 9.17) is 4.74 Å². The van der Waals surface area contributed by atoms with Crippen LogP contribution in [-0.4, -0.2) is 29.6 Å². The van der Waals surface area contributed by atoms with Gasteiger partial charge in [-0.25, -0.2) is 0 Å². The van der Waals surface area contributed by atoms with Gasteiger partial charge in [0.1, 0.15) is 5.75 Å². The van der Waals surface area contributed by atoms with Gasteiger partial charge >= 0.3 is 0 Å². The minimum absolute atomic E-state index is 0. The van der Waals surface area contributed by atoms with Gasteiger partial charge in [-0.1, -0.05) is 74.4 Å². The molecule has 0 aliphatic heterocycles. The van der Waals surface area contributed by atoms with Crippen LogP contribution in [0.25, 0.3) is 0 Å². The monoisotopic (exact) mass is 625 g/mol. The Balaban J connectivity index is 0.000000750. The van der Waals surface area contributed by atoms with Crippen molar-refractivity contribution >= 4 is 12.4 Å². The summed E-state index contributed by atoms with van der Waals surface area (Å²) >= 11 is 0. The molecule has 0 saturated heterocycles. The molecule has 0 saturated carbocycles. The zero-order chi connectivity index (χ0) is 30.1. The Morgan fingerprint density at radius 1 is 0.850 bits per heavy atom. The average molecular weight is 627 g/mol. The number of aryl methyl sites for hydroxylation is 1. The molecule has 0 aliphatic carbocycles. The number of aromatic hydroxyl groups is 1. The van der Waals surface area contributed by atoms with E-state index < -0.39 is 0 Å². The van der Waals surface area contributed by atoms with Crippen molar-refractivity contribution in [1.82, 2.24) is 0 Å². The summed E-state index contributed by atoms with van der Waals surface area (Å²) in [5.74, 6) is 1.81. The summed E-state index contributed by atoms with van der Waals surface area (Å²) in [5, 5.41) is 10.6. The van der Waals surface area contributed by atoms with Crippen molar-refractivity contribution in [3.63, 3.8) is 0 Å². The van der Waals surface area contributed by atoms with Crippen LogP contribution >= 0.6 is 0 Å². The SMILES string of the molecule is CCC(C)N=Cc1cc(CC(C)C)cc(C(C)(C)C)c1O.[CH2-]Oc1c(C=NC(C)C)cc(C)cc1C(C)(C)C.[Zr]. The third kappa shape index (κ3) is 12.4. The first-order valence-corrected chi connectivity index (χ1v) is 14.4. The van der Waals surface area contributed by atoms with E-state index in [-0.39, 0.29) is 49.1 Å². The molecule has 2 rings (SSSR count). The number of hydrogen-bond acceptors (Lipinski definition) is 4. The number of benzene rings is 2. The van der Waals surface area contributed by atoms with Crippen LogP contribution in [0.5, 0.6) is 11.5 Å². The van der Waals surface area contributed by atoms with Crippen LogP contribution < -0.4 is 4.74 Å². The fraction of sp³-hybridized carbons (Fsp3) is 0.571. The predicted molar refractivity (Wildman–Crippen MR) is 171 cm³/mol. The summed E-state index contributed by atoms with van der Waals surface area (Å²) in [4.78, 5) is 8.97. The van der Waals surface area contributed by atoms with E-state index >= 15 is 0 Å². The van der Waals surface area contributed by atoms with E-state index in [9.17, 15) is 5.11 Å². The minimum atomic E-state index is -0.0734. The molecule has 1 unspecified atom stereocenters. The van der Waals surface area contributed by atoms with Gasteiger partial charge in [0.05, 0.1) is 5.75 Å². The number of rotatable bonds is 8. The summed E-state index contributed by atoms with van der Waals surface area (Å²) in [6, 6.07) is 9.04. The second kappa shape index (κ2) is 16.6. The molecule has 0 radical (unpaired) electrons. The summed E-state index contributed by atoms with van der Waals surface area (Å²) in [5.41, 5.74) is 6.47. The van der Waals surface area contributed by atoms with Gasteiger partial charge in [0.15, 0.2) is 0 Å². The van der Waals surface area contributed by atoms with Crippen LogP contribution in [0.1, 0.15) is 123 Å². The van der Waals surface area contributed by atoms with Crippen molar-refractivity contribution in [2.24, 2.45) is 15.9 Å². The summed E-state index contributed by atoms with van der Waals surface area (Å²) in [6.45, 7) is 27.8. The second-order valence-corrected chi connectivity index (χ2v) is 13.5. The molecular weight excluding hydrogens is 572 g/mol. The second-order valence-electron chi connectivity index (χ2n) is 13.5. The van der Waals surface area contributed by atoms with Gasteiger partial charge in [-0.05, 0) is 86.1 Å². The molecule has 2 aromatic carbocycles. The van der Waals surface area contributed by atoms with Crippen molar-refractivity contribution in [1.29, 1.82) is 0 Å². The van der Waals surface area contributed by atoms with E-state index in [0.29, 0.717) is 11.7 Å². The normalized spacial score (nSPS) is 13.0. The molecule has 0 fully saturated rings. The molecule has 0 heterocycles. The third-order valence-electron chi connectivity index (χ3n) is 6.44. The largest absolute Gasteiger partial charge is 0.665 e. The molecule has 0 aliphatic rings. The number of nitrogens with zero attached hydrogens (tertiary/aromatic N) is 2. The number of aliphatic imine (C=N–C) groups is 2. The first-order chi connectivity index (χ1) is 17.9. The standard InChI is InChI=1S/C19H31NO.C16H24NO.Zr/c1-8-14(4)20-12-16-10-15(9-13(2)3)11-17(18(16)21)19(5,6)7;1-11(2)17-10-13-8-12(3)9-14(15(13)18-7)16(4,5)6;/h10-14,21H,8-9H2,1-7H3;8-11H,7H2,1-6H3;/q;-1;. The van der Waals surface area contributed by atoms with Gasteiger partial charge in [-0.15, -0.1) is 0 Å². The zero-order valence-electron chi connectivity index (χ0n) is 27.6. The number of ether oxygens (including phenoxy) is 1. The molecule has 1 N–H and O–H groups in total. The Morgan fingerprint density at radius 3 is 1.85 bits per heavy atom. The van der Waals surface area contributed by atoms with Crippen LogP contribution in [-0.2, 0) is 43.5 Å². The van der Waals surface area contributed by atoms with Crippen molar-refractivity contribution in [2.75, 3.05) is 0 Å². The van der Waals surface area contributed by atoms with E-state index in [1.165, 1.54) is 16.7 Å². The van der Waals surface area contributed by atoms with Crippen molar-refractivity contribution < 1.29 is 36.0 Å². The van der Waals surface area contributed by atoms with Gasteiger partial charge in [-0.2, -0.15) is 7.11 Å². The maximum atomic E-state index is 10.6. The van der Waals surface area contributed by atoms with Gasteiger partial charge in [-0.3, -0.25) is 9.98 Å². The maximum Gasteiger partial charge on any atom is 0.128 e. The number of phenolic OH excluding ortho intramolecular Hbond substituents is 1. The van der Waals surface area contributed by atoms with Gasteiger partial charge in [0, 0.05) is 67.4 Å². The smallest absolute Gasteiger partial charge is 0.128 e. The van der Waals surface area contributed by atoms with Gasteiger partial charge in [0.25, 0.3) is 0 Å². The molecule has 5 heteroatoms. The van der Waals surface area contributed by atoms with Crippen LogP contribution in [0.15, 0.2) is 34.3 Å². The molecule has 40 heavy (non-hydrogen) atoms. The molecule has 0 spiro atoms.